The Morgan fingerprint density at radius 2 is 1.58 bits per heavy atom. The molecular formula is C24H25ClN2O3S. The van der Waals surface area contributed by atoms with Crippen LogP contribution in [0, 0.1) is 6.92 Å². The van der Waals surface area contributed by atoms with Gasteiger partial charge in [-0.25, -0.2) is 8.42 Å². The minimum absolute atomic E-state index is 0.0424. The highest BCUT2D eigenvalue weighted by molar-refractivity contribution is 7.92. The zero-order valence-electron chi connectivity index (χ0n) is 17.7. The van der Waals surface area contributed by atoms with E-state index in [0.29, 0.717) is 5.69 Å². The van der Waals surface area contributed by atoms with Gasteiger partial charge >= 0.3 is 0 Å². The maximum atomic E-state index is 13.0. The number of para-hydroxylation sites is 2. The monoisotopic (exact) mass is 456 g/mol. The number of amides is 1. The van der Waals surface area contributed by atoms with Crippen LogP contribution >= 0.6 is 11.6 Å². The molecule has 0 saturated heterocycles. The molecule has 0 aliphatic carbocycles. The van der Waals surface area contributed by atoms with Crippen LogP contribution in [0.2, 0.25) is 5.02 Å². The van der Waals surface area contributed by atoms with E-state index in [-0.39, 0.29) is 21.4 Å². The molecule has 1 amide bonds. The maximum absolute atomic E-state index is 13.0. The van der Waals surface area contributed by atoms with E-state index in [9.17, 15) is 13.2 Å². The number of hydrogen-bond donors (Lipinski definition) is 2. The van der Waals surface area contributed by atoms with Gasteiger partial charge in [-0.3, -0.25) is 9.52 Å². The molecule has 3 rings (SSSR count). The molecule has 7 heteroatoms. The first-order chi connectivity index (χ1) is 14.8. The van der Waals surface area contributed by atoms with E-state index in [1.807, 2.05) is 38.1 Å². The van der Waals surface area contributed by atoms with E-state index in [2.05, 4.69) is 10.0 Å². The molecule has 0 aliphatic heterocycles. The predicted molar refractivity (Wildman–Crippen MR) is 127 cm³/mol. The van der Waals surface area contributed by atoms with E-state index in [1.165, 1.54) is 18.2 Å². The molecule has 2 N–H and O–H groups in total. The first kappa shape index (κ1) is 22.8. The summed E-state index contributed by atoms with van der Waals surface area (Å²) < 4.78 is 28.5. The van der Waals surface area contributed by atoms with E-state index >= 15 is 0 Å². The Morgan fingerprint density at radius 3 is 2.19 bits per heavy atom. The van der Waals surface area contributed by atoms with Crippen molar-refractivity contribution in [3.05, 3.63) is 87.9 Å². The third kappa shape index (κ3) is 5.09. The molecule has 5 nitrogen and oxygen atoms in total. The predicted octanol–water partition coefficient (Wildman–Crippen LogP) is 5.83. The third-order valence-corrected chi connectivity index (χ3v) is 6.96. The van der Waals surface area contributed by atoms with Gasteiger partial charge in [0, 0.05) is 11.3 Å². The second-order valence-electron chi connectivity index (χ2n) is 7.18. The number of carbonyl (C=O) groups is 1. The van der Waals surface area contributed by atoms with Crippen LogP contribution in [-0.4, -0.2) is 14.3 Å². The zero-order chi connectivity index (χ0) is 22.6. The van der Waals surface area contributed by atoms with Crippen molar-refractivity contribution in [2.24, 2.45) is 0 Å². The number of hydrogen-bond acceptors (Lipinski definition) is 3. The second kappa shape index (κ2) is 9.54. The molecule has 0 bridgehead atoms. The first-order valence-electron chi connectivity index (χ1n) is 10.1. The lowest BCUT2D eigenvalue weighted by Gasteiger charge is -2.15. The van der Waals surface area contributed by atoms with Crippen molar-refractivity contribution < 1.29 is 13.2 Å². The van der Waals surface area contributed by atoms with Gasteiger partial charge in [-0.05, 0) is 60.7 Å². The Kier molecular flexibility index (Phi) is 7.03. The molecule has 0 heterocycles. The van der Waals surface area contributed by atoms with Gasteiger partial charge in [-0.15, -0.1) is 0 Å². The molecule has 0 unspecified atom stereocenters. The number of sulfonamides is 1. The van der Waals surface area contributed by atoms with Crippen LogP contribution in [0.25, 0.3) is 0 Å². The summed E-state index contributed by atoms with van der Waals surface area (Å²) in [5.74, 6) is -0.389. The van der Waals surface area contributed by atoms with Crippen molar-refractivity contribution in [1.29, 1.82) is 0 Å². The molecule has 0 saturated carbocycles. The minimum atomic E-state index is -3.98. The largest absolute Gasteiger partial charge is 0.321 e. The van der Waals surface area contributed by atoms with Crippen LogP contribution in [0.15, 0.2) is 65.6 Å². The van der Waals surface area contributed by atoms with Crippen molar-refractivity contribution in [3.63, 3.8) is 0 Å². The molecule has 0 aliphatic rings. The van der Waals surface area contributed by atoms with Crippen LogP contribution in [0.5, 0.6) is 0 Å². The van der Waals surface area contributed by atoms with Gasteiger partial charge in [0.1, 0.15) is 4.90 Å². The van der Waals surface area contributed by atoms with Crippen molar-refractivity contribution >= 4 is 38.9 Å². The smallest absolute Gasteiger partial charge is 0.263 e. The molecule has 31 heavy (non-hydrogen) atoms. The Balaban J connectivity index is 1.94. The lowest BCUT2D eigenvalue weighted by Crippen LogP contribution is -2.18. The van der Waals surface area contributed by atoms with Gasteiger partial charge in [0.25, 0.3) is 15.9 Å². The summed E-state index contributed by atoms with van der Waals surface area (Å²) in [6, 6.07) is 17.2. The number of nitrogens with one attached hydrogen (secondary N) is 2. The highest BCUT2D eigenvalue weighted by Crippen LogP contribution is 2.28. The van der Waals surface area contributed by atoms with Crippen LogP contribution in [-0.2, 0) is 22.9 Å². The molecule has 0 aromatic heterocycles. The SMILES string of the molecule is CCc1cccc(CC)c1NC(=O)c1ccc(Cl)c(S(=O)(=O)Nc2ccccc2C)c1. The molecule has 3 aromatic rings. The standard InChI is InChI=1S/C24H25ClN2O3S/c1-4-17-10-8-11-18(5-2)23(17)26-24(28)19-13-14-20(25)22(15-19)31(29,30)27-21-12-7-6-9-16(21)3/h6-15,27H,4-5H2,1-3H3,(H,26,28). The highest BCUT2D eigenvalue weighted by Gasteiger charge is 2.21. The lowest BCUT2D eigenvalue weighted by atomic mass is 10.0. The summed E-state index contributed by atoms with van der Waals surface area (Å²) in [5, 5.41) is 3.00. The van der Waals surface area contributed by atoms with E-state index in [1.54, 1.807) is 25.1 Å². The molecule has 3 aromatic carbocycles. The van der Waals surface area contributed by atoms with Crippen LogP contribution in [0.4, 0.5) is 11.4 Å². The number of rotatable bonds is 7. The van der Waals surface area contributed by atoms with Gasteiger partial charge in [0.2, 0.25) is 0 Å². The molecular weight excluding hydrogens is 432 g/mol. The van der Waals surface area contributed by atoms with Crippen molar-refractivity contribution in [2.45, 2.75) is 38.5 Å². The van der Waals surface area contributed by atoms with Gasteiger partial charge in [0.15, 0.2) is 0 Å². The van der Waals surface area contributed by atoms with Crippen molar-refractivity contribution in [1.82, 2.24) is 0 Å². The Morgan fingerprint density at radius 1 is 0.935 bits per heavy atom. The van der Waals surface area contributed by atoms with Crippen LogP contribution in [0.1, 0.15) is 40.9 Å². The topological polar surface area (TPSA) is 75.3 Å². The Labute approximate surface area is 188 Å². The van der Waals surface area contributed by atoms with E-state index in [0.717, 1.165) is 35.2 Å². The number of aryl methyl sites for hydroxylation is 3. The lowest BCUT2D eigenvalue weighted by molar-refractivity contribution is 0.102. The summed E-state index contributed by atoms with van der Waals surface area (Å²) in [5.41, 5.74) is 4.26. The average molecular weight is 457 g/mol. The Bertz CT molecular complexity index is 1200. The zero-order valence-corrected chi connectivity index (χ0v) is 19.3. The minimum Gasteiger partial charge on any atom is -0.321 e. The van der Waals surface area contributed by atoms with Crippen LogP contribution < -0.4 is 10.0 Å². The number of anilines is 2. The summed E-state index contributed by atoms with van der Waals surface area (Å²) in [6.45, 7) is 5.85. The summed E-state index contributed by atoms with van der Waals surface area (Å²) >= 11 is 6.20. The second-order valence-corrected chi connectivity index (χ2v) is 9.24. The average Bonchev–Trinajstić information content (AvgIpc) is 2.75. The van der Waals surface area contributed by atoms with Gasteiger partial charge < -0.3 is 5.32 Å². The highest BCUT2D eigenvalue weighted by atomic mass is 35.5. The van der Waals surface area contributed by atoms with Crippen molar-refractivity contribution in [3.8, 4) is 0 Å². The fourth-order valence-corrected chi connectivity index (χ4v) is 4.98. The van der Waals surface area contributed by atoms with Gasteiger partial charge in [-0.2, -0.15) is 0 Å². The number of benzene rings is 3. The fraction of sp³-hybridized carbons (Fsp3) is 0.208. The molecule has 0 fully saturated rings. The maximum Gasteiger partial charge on any atom is 0.263 e. The van der Waals surface area contributed by atoms with E-state index in [4.69, 9.17) is 11.6 Å². The quantitative estimate of drug-likeness (QED) is 0.470. The van der Waals surface area contributed by atoms with Crippen LogP contribution in [0.3, 0.4) is 0 Å². The molecule has 0 radical (unpaired) electrons. The van der Waals surface area contributed by atoms with Crippen molar-refractivity contribution in [2.75, 3.05) is 10.0 Å². The normalized spacial score (nSPS) is 11.2. The third-order valence-electron chi connectivity index (χ3n) is 5.11. The molecule has 0 spiro atoms. The van der Waals surface area contributed by atoms with E-state index < -0.39 is 10.0 Å². The molecule has 162 valence electrons. The fourth-order valence-electron chi connectivity index (χ4n) is 3.33. The van der Waals surface area contributed by atoms with Gasteiger partial charge in [-0.1, -0.05) is 61.8 Å². The molecule has 0 atom stereocenters. The summed E-state index contributed by atoms with van der Waals surface area (Å²) in [4.78, 5) is 12.8. The number of halogens is 1. The Hall–Kier alpha value is -2.83. The summed E-state index contributed by atoms with van der Waals surface area (Å²) in [6.07, 6.45) is 1.54. The number of carbonyl (C=O) groups excluding carboxylic acids is 1. The summed E-state index contributed by atoms with van der Waals surface area (Å²) in [7, 11) is -3.98. The first-order valence-corrected chi connectivity index (χ1v) is 11.9. The van der Waals surface area contributed by atoms with Gasteiger partial charge in [0.05, 0.1) is 10.7 Å².